The summed E-state index contributed by atoms with van der Waals surface area (Å²) in [4.78, 5) is 2.57. The third-order valence-corrected chi connectivity index (χ3v) is 4.00. The van der Waals surface area contributed by atoms with Crippen molar-refractivity contribution in [3.05, 3.63) is 0 Å². The van der Waals surface area contributed by atoms with Gasteiger partial charge in [-0.3, -0.25) is 0 Å². The molecule has 0 aromatic rings. The van der Waals surface area contributed by atoms with E-state index in [0.29, 0.717) is 12.1 Å². The number of nitrogens with one attached hydrogen (secondary N) is 1. The number of nitrogens with zero attached hydrogens (tertiary/aromatic N) is 1. The molecule has 0 bridgehead atoms. The quantitative estimate of drug-likeness (QED) is 0.686. The highest BCUT2D eigenvalue weighted by Crippen LogP contribution is 2.13. The van der Waals surface area contributed by atoms with Crippen LogP contribution in [-0.4, -0.2) is 50.3 Å². The van der Waals surface area contributed by atoms with Gasteiger partial charge in [0.2, 0.25) is 0 Å². The largest absolute Gasteiger partial charge is 0.380 e. The molecule has 0 spiro atoms. The molecule has 1 heterocycles. The summed E-state index contributed by atoms with van der Waals surface area (Å²) in [5.41, 5.74) is 0. The molecule has 3 nitrogen and oxygen atoms in total. The van der Waals surface area contributed by atoms with Crippen LogP contribution in [0.25, 0.3) is 0 Å². The monoisotopic (exact) mass is 256 g/mol. The molecular weight excluding hydrogens is 224 g/mol. The van der Waals surface area contributed by atoms with Crippen molar-refractivity contribution in [2.24, 2.45) is 0 Å². The normalized spacial score (nSPS) is 23.2. The van der Waals surface area contributed by atoms with Gasteiger partial charge in [0.25, 0.3) is 0 Å². The third-order valence-electron chi connectivity index (χ3n) is 4.00. The molecule has 0 aliphatic carbocycles. The van der Waals surface area contributed by atoms with E-state index < -0.39 is 0 Å². The Bertz CT molecular complexity index is 199. The van der Waals surface area contributed by atoms with Crippen LogP contribution in [0.2, 0.25) is 0 Å². The lowest BCUT2D eigenvalue weighted by Gasteiger charge is -2.32. The minimum Gasteiger partial charge on any atom is -0.380 e. The standard InChI is InChI=1S/C15H32N2O/c1-4-10-16-14(5-2)8-6-11-17-12-7-9-15(13-17)18-3/h14-16H,4-13H2,1-3H3. The topological polar surface area (TPSA) is 24.5 Å². The summed E-state index contributed by atoms with van der Waals surface area (Å²) in [6.07, 6.45) is 8.11. The van der Waals surface area contributed by atoms with Gasteiger partial charge in [0.15, 0.2) is 0 Å². The van der Waals surface area contributed by atoms with Crippen LogP contribution in [0.3, 0.4) is 0 Å². The van der Waals surface area contributed by atoms with Crippen molar-refractivity contribution >= 4 is 0 Å². The van der Waals surface area contributed by atoms with Crippen molar-refractivity contribution in [2.45, 2.75) is 64.5 Å². The van der Waals surface area contributed by atoms with E-state index in [1.165, 1.54) is 51.6 Å². The van der Waals surface area contributed by atoms with Crippen LogP contribution in [0, 0.1) is 0 Å². The van der Waals surface area contributed by atoms with Gasteiger partial charge in [0.05, 0.1) is 6.10 Å². The van der Waals surface area contributed by atoms with Gasteiger partial charge < -0.3 is 15.0 Å². The second kappa shape index (κ2) is 9.76. The fraction of sp³-hybridized carbons (Fsp3) is 1.00. The molecule has 1 saturated heterocycles. The average Bonchev–Trinajstić information content (AvgIpc) is 2.43. The second-order valence-corrected chi connectivity index (χ2v) is 5.50. The van der Waals surface area contributed by atoms with Gasteiger partial charge in [-0.05, 0) is 58.2 Å². The first-order valence-electron chi connectivity index (χ1n) is 7.78. The molecule has 2 atom stereocenters. The summed E-state index contributed by atoms with van der Waals surface area (Å²) in [5, 5.41) is 3.63. The fourth-order valence-electron chi connectivity index (χ4n) is 2.77. The SMILES string of the molecule is CCCNC(CC)CCCN1CCCC(OC)C1. The molecular formula is C15H32N2O. The molecule has 0 amide bonds. The van der Waals surface area contributed by atoms with Gasteiger partial charge in [-0.15, -0.1) is 0 Å². The van der Waals surface area contributed by atoms with E-state index in [9.17, 15) is 0 Å². The highest BCUT2D eigenvalue weighted by Gasteiger charge is 2.18. The van der Waals surface area contributed by atoms with Gasteiger partial charge in [0, 0.05) is 19.7 Å². The molecule has 3 heteroatoms. The maximum atomic E-state index is 5.47. The second-order valence-electron chi connectivity index (χ2n) is 5.50. The van der Waals surface area contributed by atoms with Crippen LogP contribution in [0.15, 0.2) is 0 Å². The lowest BCUT2D eigenvalue weighted by Crippen LogP contribution is -2.40. The first kappa shape index (κ1) is 15.9. The van der Waals surface area contributed by atoms with E-state index in [0.717, 1.165) is 13.1 Å². The molecule has 1 fully saturated rings. The number of methoxy groups -OCH3 is 1. The number of hydrogen-bond donors (Lipinski definition) is 1. The predicted molar refractivity (Wildman–Crippen MR) is 78.1 cm³/mol. The smallest absolute Gasteiger partial charge is 0.0698 e. The van der Waals surface area contributed by atoms with E-state index in [1.54, 1.807) is 0 Å². The molecule has 1 rings (SSSR count). The Labute approximate surface area is 113 Å². The zero-order valence-electron chi connectivity index (χ0n) is 12.6. The van der Waals surface area contributed by atoms with Crippen LogP contribution in [0.5, 0.6) is 0 Å². The summed E-state index contributed by atoms with van der Waals surface area (Å²) in [5.74, 6) is 0. The van der Waals surface area contributed by atoms with Crippen molar-refractivity contribution < 1.29 is 4.74 Å². The Hall–Kier alpha value is -0.120. The van der Waals surface area contributed by atoms with Gasteiger partial charge in [0.1, 0.15) is 0 Å². The van der Waals surface area contributed by atoms with Crippen LogP contribution < -0.4 is 5.32 Å². The Morgan fingerprint density at radius 2 is 2.22 bits per heavy atom. The number of rotatable bonds is 9. The third kappa shape index (κ3) is 6.17. The average molecular weight is 256 g/mol. The van der Waals surface area contributed by atoms with Crippen LogP contribution >= 0.6 is 0 Å². The Balaban J connectivity index is 2.11. The summed E-state index contributed by atoms with van der Waals surface area (Å²) >= 11 is 0. The molecule has 1 aliphatic rings. The number of ether oxygens (including phenoxy) is 1. The summed E-state index contributed by atoms with van der Waals surface area (Å²) < 4.78 is 5.47. The van der Waals surface area contributed by atoms with E-state index in [-0.39, 0.29) is 0 Å². The zero-order valence-corrected chi connectivity index (χ0v) is 12.6. The fourth-order valence-corrected chi connectivity index (χ4v) is 2.77. The molecule has 0 saturated carbocycles. The van der Waals surface area contributed by atoms with E-state index in [1.807, 2.05) is 7.11 Å². The molecule has 0 radical (unpaired) electrons. The van der Waals surface area contributed by atoms with Crippen molar-refractivity contribution in [1.82, 2.24) is 10.2 Å². The minimum atomic E-state index is 0.471. The number of piperidine rings is 1. The molecule has 1 aliphatic heterocycles. The van der Waals surface area contributed by atoms with E-state index in [4.69, 9.17) is 4.74 Å². The van der Waals surface area contributed by atoms with Crippen molar-refractivity contribution in [3.8, 4) is 0 Å². The minimum absolute atomic E-state index is 0.471. The maximum Gasteiger partial charge on any atom is 0.0698 e. The van der Waals surface area contributed by atoms with Crippen LogP contribution in [-0.2, 0) is 4.74 Å². The predicted octanol–water partition coefficient (Wildman–Crippen LogP) is 2.66. The first-order chi connectivity index (χ1) is 8.80. The summed E-state index contributed by atoms with van der Waals surface area (Å²) in [7, 11) is 1.84. The highest BCUT2D eigenvalue weighted by molar-refractivity contribution is 4.74. The first-order valence-corrected chi connectivity index (χ1v) is 7.78. The summed E-state index contributed by atoms with van der Waals surface area (Å²) in [6, 6.07) is 0.716. The Morgan fingerprint density at radius 1 is 1.39 bits per heavy atom. The lowest BCUT2D eigenvalue weighted by molar-refractivity contribution is 0.0307. The molecule has 108 valence electrons. The number of hydrogen-bond acceptors (Lipinski definition) is 3. The van der Waals surface area contributed by atoms with Gasteiger partial charge in [-0.25, -0.2) is 0 Å². The van der Waals surface area contributed by atoms with Gasteiger partial charge >= 0.3 is 0 Å². The molecule has 0 aromatic heterocycles. The van der Waals surface area contributed by atoms with Crippen molar-refractivity contribution in [1.29, 1.82) is 0 Å². The zero-order chi connectivity index (χ0) is 13.2. The maximum absolute atomic E-state index is 5.47. The lowest BCUT2D eigenvalue weighted by atomic mass is 10.1. The van der Waals surface area contributed by atoms with Crippen molar-refractivity contribution in [2.75, 3.05) is 33.3 Å². The van der Waals surface area contributed by atoms with E-state index in [2.05, 4.69) is 24.1 Å². The molecule has 2 unspecified atom stereocenters. The Morgan fingerprint density at radius 3 is 2.89 bits per heavy atom. The highest BCUT2D eigenvalue weighted by atomic mass is 16.5. The molecule has 18 heavy (non-hydrogen) atoms. The van der Waals surface area contributed by atoms with Crippen LogP contribution in [0.1, 0.15) is 52.4 Å². The molecule has 1 N–H and O–H groups in total. The van der Waals surface area contributed by atoms with E-state index >= 15 is 0 Å². The Kier molecular flexibility index (Phi) is 8.64. The van der Waals surface area contributed by atoms with Gasteiger partial charge in [-0.2, -0.15) is 0 Å². The van der Waals surface area contributed by atoms with Gasteiger partial charge in [-0.1, -0.05) is 13.8 Å². The summed E-state index contributed by atoms with van der Waals surface area (Å²) in [6.45, 7) is 9.32. The molecule has 0 aromatic carbocycles. The van der Waals surface area contributed by atoms with Crippen LogP contribution in [0.4, 0.5) is 0 Å². The number of likely N-dealkylation sites (tertiary alicyclic amines) is 1. The van der Waals surface area contributed by atoms with Crippen molar-refractivity contribution in [3.63, 3.8) is 0 Å².